The van der Waals surface area contributed by atoms with E-state index in [1.165, 1.54) is 0 Å². The third-order valence-corrected chi connectivity index (χ3v) is 4.77. The van der Waals surface area contributed by atoms with Crippen molar-refractivity contribution in [1.82, 2.24) is 20.1 Å². The Hall–Kier alpha value is -3.28. The summed E-state index contributed by atoms with van der Waals surface area (Å²) in [5.74, 6) is 0.920. The molecule has 0 aliphatic carbocycles. The van der Waals surface area contributed by atoms with Crippen molar-refractivity contribution in [3.05, 3.63) is 71.9 Å². The van der Waals surface area contributed by atoms with Crippen molar-refractivity contribution in [2.24, 2.45) is 0 Å². The van der Waals surface area contributed by atoms with E-state index in [4.69, 9.17) is 0 Å². The van der Waals surface area contributed by atoms with Crippen LogP contribution in [-0.4, -0.2) is 52.2 Å². The quantitative estimate of drug-likeness (QED) is 0.720. The maximum absolute atomic E-state index is 12.6. The van der Waals surface area contributed by atoms with E-state index in [9.17, 15) is 4.79 Å². The van der Waals surface area contributed by atoms with E-state index in [1.54, 1.807) is 6.20 Å². The van der Waals surface area contributed by atoms with Gasteiger partial charge in [0, 0.05) is 37.9 Å². The van der Waals surface area contributed by atoms with Crippen LogP contribution in [0.3, 0.4) is 0 Å². The van der Waals surface area contributed by atoms with Crippen molar-refractivity contribution >= 4 is 11.7 Å². The van der Waals surface area contributed by atoms with Crippen molar-refractivity contribution in [3.8, 4) is 11.4 Å². The number of nitrogens with zero attached hydrogens (tertiary/aromatic N) is 5. The van der Waals surface area contributed by atoms with Crippen molar-refractivity contribution in [1.29, 1.82) is 0 Å². The fourth-order valence-corrected chi connectivity index (χ4v) is 3.16. The van der Waals surface area contributed by atoms with Crippen LogP contribution in [0.1, 0.15) is 15.9 Å². The summed E-state index contributed by atoms with van der Waals surface area (Å²) in [6, 6.07) is 17.4. The molecule has 1 aliphatic rings. The van der Waals surface area contributed by atoms with Gasteiger partial charge in [0.15, 0.2) is 5.82 Å². The molecule has 1 amide bonds. The molecule has 2 aromatic heterocycles. The lowest BCUT2D eigenvalue weighted by Gasteiger charge is -2.35. The van der Waals surface area contributed by atoms with Crippen molar-refractivity contribution in [2.75, 3.05) is 31.1 Å². The van der Waals surface area contributed by atoms with E-state index >= 15 is 0 Å². The van der Waals surface area contributed by atoms with E-state index in [1.807, 2.05) is 66.4 Å². The third-order valence-electron chi connectivity index (χ3n) is 4.77. The average molecular weight is 359 g/mol. The van der Waals surface area contributed by atoms with E-state index in [0.29, 0.717) is 13.1 Å². The fraction of sp³-hybridized carbons (Fsp3) is 0.238. The Balaban J connectivity index is 1.39. The second-order valence-corrected chi connectivity index (χ2v) is 6.64. The summed E-state index contributed by atoms with van der Waals surface area (Å²) in [7, 11) is 0. The molecule has 0 atom stereocenters. The summed E-state index contributed by atoms with van der Waals surface area (Å²) in [4.78, 5) is 21.0. The van der Waals surface area contributed by atoms with Gasteiger partial charge in [0.2, 0.25) is 0 Å². The van der Waals surface area contributed by atoms with E-state index < -0.39 is 0 Å². The molecule has 4 rings (SSSR count). The number of pyridine rings is 1. The van der Waals surface area contributed by atoms with Crippen molar-refractivity contribution < 1.29 is 4.79 Å². The molecule has 0 unspecified atom stereocenters. The van der Waals surface area contributed by atoms with Gasteiger partial charge in [-0.05, 0) is 43.3 Å². The van der Waals surface area contributed by atoms with Crippen LogP contribution in [0.5, 0.6) is 0 Å². The number of hydrogen-bond donors (Lipinski definition) is 0. The topological polar surface area (TPSA) is 62.2 Å². The minimum Gasteiger partial charge on any atom is -0.352 e. The molecular weight excluding hydrogens is 338 g/mol. The van der Waals surface area contributed by atoms with Crippen molar-refractivity contribution in [2.45, 2.75) is 6.92 Å². The third kappa shape index (κ3) is 3.79. The lowest BCUT2D eigenvalue weighted by Crippen LogP contribution is -2.49. The Labute approximate surface area is 158 Å². The number of carbonyl (C=O) groups excluding carboxylic acids is 1. The van der Waals surface area contributed by atoms with Crippen LogP contribution in [0.15, 0.2) is 60.8 Å². The highest BCUT2D eigenvalue weighted by Crippen LogP contribution is 2.18. The second-order valence-electron chi connectivity index (χ2n) is 6.64. The van der Waals surface area contributed by atoms with Crippen molar-refractivity contribution in [3.63, 3.8) is 0 Å². The van der Waals surface area contributed by atoms with Gasteiger partial charge < -0.3 is 9.80 Å². The summed E-state index contributed by atoms with van der Waals surface area (Å²) in [5, 5.41) is 8.65. The van der Waals surface area contributed by atoms with Gasteiger partial charge in [0.1, 0.15) is 5.69 Å². The van der Waals surface area contributed by atoms with Gasteiger partial charge in [-0.1, -0.05) is 23.8 Å². The van der Waals surface area contributed by atoms with Gasteiger partial charge in [-0.15, -0.1) is 10.2 Å². The van der Waals surface area contributed by atoms with Gasteiger partial charge in [-0.25, -0.2) is 0 Å². The number of benzene rings is 1. The Morgan fingerprint density at radius 2 is 1.63 bits per heavy atom. The molecule has 3 heterocycles. The minimum absolute atomic E-state index is 0.0891. The Morgan fingerprint density at radius 1 is 0.852 bits per heavy atom. The number of aromatic nitrogens is 3. The smallest absolute Gasteiger partial charge is 0.253 e. The van der Waals surface area contributed by atoms with Crippen LogP contribution in [-0.2, 0) is 0 Å². The molecule has 0 radical (unpaired) electrons. The molecule has 1 fully saturated rings. The zero-order valence-corrected chi connectivity index (χ0v) is 15.2. The summed E-state index contributed by atoms with van der Waals surface area (Å²) in [6.07, 6.45) is 1.75. The monoisotopic (exact) mass is 359 g/mol. The summed E-state index contributed by atoms with van der Waals surface area (Å²) in [6.45, 7) is 4.87. The van der Waals surface area contributed by atoms with Crippen LogP contribution >= 0.6 is 0 Å². The standard InChI is InChI=1S/C21H21N5O/c1-16-5-7-17(8-6-16)21(27)26-14-12-25(13-15-26)20-10-9-19(23-24-20)18-4-2-3-11-22-18/h2-11H,12-15H2,1H3. The minimum atomic E-state index is 0.0891. The Morgan fingerprint density at radius 3 is 2.26 bits per heavy atom. The molecule has 1 aliphatic heterocycles. The average Bonchev–Trinajstić information content (AvgIpc) is 2.75. The lowest BCUT2D eigenvalue weighted by atomic mass is 10.1. The normalized spacial score (nSPS) is 14.3. The lowest BCUT2D eigenvalue weighted by molar-refractivity contribution is 0.0746. The number of aryl methyl sites for hydroxylation is 1. The number of rotatable bonds is 3. The molecule has 6 nitrogen and oxygen atoms in total. The number of amides is 1. The van der Waals surface area contributed by atoms with Crippen LogP contribution in [0.25, 0.3) is 11.4 Å². The predicted octanol–water partition coefficient (Wildman–Crippen LogP) is 2.81. The first-order chi connectivity index (χ1) is 13.2. The Bertz CT molecular complexity index is 902. The van der Waals surface area contributed by atoms with Gasteiger partial charge >= 0.3 is 0 Å². The maximum atomic E-state index is 12.6. The molecule has 1 saturated heterocycles. The van der Waals surface area contributed by atoms with Crippen LogP contribution in [0, 0.1) is 6.92 Å². The van der Waals surface area contributed by atoms with Gasteiger partial charge in [0.25, 0.3) is 5.91 Å². The molecular formula is C21H21N5O. The van der Waals surface area contributed by atoms with E-state index in [2.05, 4.69) is 20.1 Å². The molecule has 136 valence electrons. The first-order valence-corrected chi connectivity index (χ1v) is 9.07. The molecule has 6 heteroatoms. The molecule has 0 N–H and O–H groups in total. The second kappa shape index (κ2) is 7.53. The molecule has 0 spiro atoms. The predicted molar refractivity (Wildman–Crippen MR) is 105 cm³/mol. The zero-order chi connectivity index (χ0) is 18.6. The number of hydrogen-bond acceptors (Lipinski definition) is 5. The summed E-state index contributed by atoms with van der Waals surface area (Å²) in [5.41, 5.74) is 3.47. The molecule has 3 aromatic rings. The number of carbonyl (C=O) groups is 1. The highest BCUT2D eigenvalue weighted by atomic mass is 16.2. The van der Waals surface area contributed by atoms with Gasteiger partial charge in [-0.2, -0.15) is 0 Å². The van der Waals surface area contributed by atoms with Gasteiger partial charge in [-0.3, -0.25) is 9.78 Å². The summed E-state index contributed by atoms with van der Waals surface area (Å²) < 4.78 is 0. The van der Waals surface area contributed by atoms with E-state index in [0.717, 1.165) is 41.4 Å². The van der Waals surface area contributed by atoms with Crippen LogP contribution < -0.4 is 4.90 Å². The fourth-order valence-electron chi connectivity index (χ4n) is 3.16. The molecule has 0 saturated carbocycles. The number of piperazine rings is 1. The molecule has 27 heavy (non-hydrogen) atoms. The first-order valence-electron chi connectivity index (χ1n) is 9.07. The van der Waals surface area contributed by atoms with Gasteiger partial charge in [0.05, 0.1) is 5.69 Å². The first kappa shape index (κ1) is 17.1. The number of anilines is 1. The zero-order valence-electron chi connectivity index (χ0n) is 15.2. The Kier molecular flexibility index (Phi) is 4.78. The molecule has 0 bridgehead atoms. The SMILES string of the molecule is Cc1ccc(C(=O)N2CCN(c3ccc(-c4ccccn4)nn3)CC2)cc1. The van der Waals surface area contributed by atoms with Crippen LogP contribution in [0.2, 0.25) is 0 Å². The largest absolute Gasteiger partial charge is 0.352 e. The highest BCUT2D eigenvalue weighted by Gasteiger charge is 2.23. The van der Waals surface area contributed by atoms with Crippen LogP contribution in [0.4, 0.5) is 5.82 Å². The highest BCUT2D eigenvalue weighted by molar-refractivity contribution is 5.94. The molecule has 1 aromatic carbocycles. The summed E-state index contributed by atoms with van der Waals surface area (Å²) >= 11 is 0. The maximum Gasteiger partial charge on any atom is 0.253 e. The van der Waals surface area contributed by atoms with E-state index in [-0.39, 0.29) is 5.91 Å².